The Kier molecular flexibility index (Phi) is 10.2. The number of nitrogens with zero attached hydrogens (tertiary/aromatic N) is 1. The van der Waals surface area contributed by atoms with Gasteiger partial charge in [0.05, 0.1) is 19.9 Å². The molecule has 7 nitrogen and oxygen atoms in total. The number of hydrogen-bond acceptors (Lipinski definition) is 5. The lowest BCUT2D eigenvalue weighted by Crippen LogP contribution is -2.29. The van der Waals surface area contributed by atoms with Crippen LogP contribution in [0.1, 0.15) is 70.6 Å². The van der Waals surface area contributed by atoms with Gasteiger partial charge in [0.15, 0.2) is 0 Å². The number of ether oxygens (including phenoxy) is 2. The van der Waals surface area contributed by atoms with Crippen LogP contribution < -0.4 is 14.8 Å². The van der Waals surface area contributed by atoms with Crippen LogP contribution >= 0.6 is 0 Å². The number of carbonyl (C=O) groups is 3. The van der Waals surface area contributed by atoms with Crippen molar-refractivity contribution in [1.29, 1.82) is 0 Å². The van der Waals surface area contributed by atoms with E-state index in [1.54, 1.807) is 32.4 Å². The smallest absolute Gasteiger partial charge is 0.229 e. The summed E-state index contributed by atoms with van der Waals surface area (Å²) in [4.78, 5) is 36.6. The summed E-state index contributed by atoms with van der Waals surface area (Å²) in [5.74, 6) is 1.22. The van der Waals surface area contributed by atoms with Crippen LogP contribution in [0.5, 0.6) is 11.5 Å². The van der Waals surface area contributed by atoms with E-state index in [0.717, 1.165) is 51.4 Å². The van der Waals surface area contributed by atoms with E-state index in [2.05, 4.69) is 5.32 Å². The third-order valence-electron chi connectivity index (χ3n) is 5.37. The lowest BCUT2D eigenvalue weighted by atomic mass is 10.1. The summed E-state index contributed by atoms with van der Waals surface area (Å²) >= 11 is 0. The van der Waals surface area contributed by atoms with Crippen LogP contribution in [0.15, 0.2) is 18.2 Å². The van der Waals surface area contributed by atoms with E-state index in [0.29, 0.717) is 43.0 Å². The Labute approximate surface area is 179 Å². The van der Waals surface area contributed by atoms with E-state index < -0.39 is 0 Å². The normalized spacial score (nSPS) is 13.6. The van der Waals surface area contributed by atoms with Gasteiger partial charge in [0.1, 0.15) is 11.5 Å². The summed E-state index contributed by atoms with van der Waals surface area (Å²) in [7, 11) is 3.16. The predicted molar refractivity (Wildman–Crippen MR) is 116 cm³/mol. The number of rotatable bonds is 14. The minimum Gasteiger partial charge on any atom is -0.497 e. The molecule has 30 heavy (non-hydrogen) atoms. The van der Waals surface area contributed by atoms with E-state index in [-0.39, 0.29) is 17.7 Å². The molecule has 1 aromatic carbocycles. The van der Waals surface area contributed by atoms with Crippen LogP contribution in [-0.4, -0.2) is 43.4 Å². The first-order chi connectivity index (χ1) is 14.5. The van der Waals surface area contributed by atoms with Crippen LogP contribution in [0.25, 0.3) is 0 Å². The number of nitrogens with one attached hydrogen (secondary N) is 1. The Morgan fingerprint density at radius 1 is 0.900 bits per heavy atom. The van der Waals surface area contributed by atoms with Crippen LogP contribution in [0.3, 0.4) is 0 Å². The number of carbonyl (C=O) groups excluding carboxylic acids is 3. The maximum atomic E-state index is 12.2. The summed E-state index contributed by atoms with van der Waals surface area (Å²) in [5.41, 5.74) is 0.624. The van der Waals surface area contributed by atoms with Gasteiger partial charge in [-0.3, -0.25) is 19.3 Å². The number of likely N-dealkylation sites (tertiary alicyclic amines) is 1. The fourth-order valence-electron chi connectivity index (χ4n) is 3.61. The minimum atomic E-state index is -0.0208. The molecule has 2 rings (SSSR count). The number of imide groups is 1. The quantitative estimate of drug-likeness (QED) is 0.360. The Morgan fingerprint density at radius 2 is 1.50 bits per heavy atom. The number of anilines is 1. The average molecular weight is 419 g/mol. The van der Waals surface area contributed by atoms with Gasteiger partial charge in [0, 0.05) is 31.9 Å². The summed E-state index contributed by atoms with van der Waals surface area (Å²) in [6.45, 7) is 0.574. The third-order valence-corrected chi connectivity index (χ3v) is 5.37. The second kappa shape index (κ2) is 12.9. The summed E-state index contributed by atoms with van der Waals surface area (Å²) in [6, 6.07) is 5.32. The molecule has 7 heteroatoms. The lowest BCUT2D eigenvalue weighted by molar-refractivity contribution is -0.138. The molecule has 1 saturated heterocycles. The number of unbranched alkanes of at least 4 members (excludes halogenated alkanes) is 7. The molecule has 1 N–H and O–H groups in total. The highest BCUT2D eigenvalue weighted by molar-refractivity contribution is 6.01. The zero-order valence-electron chi connectivity index (χ0n) is 18.2. The van der Waals surface area contributed by atoms with Gasteiger partial charge in [0.25, 0.3) is 0 Å². The molecule has 1 aromatic rings. The maximum absolute atomic E-state index is 12.2. The van der Waals surface area contributed by atoms with Gasteiger partial charge in [-0.15, -0.1) is 0 Å². The van der Waals surface area contributed by atoms with Crippen molar-refractivity contribution in [2.24, 2.45) is 0 Å². The number of amides is 3. The molecule has 0 spiro atoms. The first kappa shape index (κ1) is 23.7. The molecule has 0 aliphatic carbocycles. The second-order valence-corrected chi connectivity index (χ2v) is 7.63. The zero-order chi connectivity index (χ0) is 21.8. The minimum absolute atomic E-state index is 0.0196. The van der Waals surface area contributed by atoms with E-state index in [1.807, 2.05) is 0 Å². The molecule has 0 radical (unpaired) electrons. The SMILES string of the molecule is COc1ccc(OC)c(NC(=O)CCCCCCCCCCN2C(=O)CCC2=O)c1. The van der Waals surface area contributed by atoms with E-state index in [4.69, 9.17) is 9.47 Å². The molecule has 1 heterocycles. The molecule has 0 aromatic heterocycles. The number of benzene rings is 1. The Bertz CT molecular complexity index is 704. The first-order valence-corrected chi connectivity index (χ1v) is 10.9. The van der Waals surface area contributed by atoms with Crippen LogP contribution in [-0.2, 0) is 14.4 Å². The molecule has 166 valence electrons. The highest BCUT2D eigenvalue weighted by Crippen LogP contribution is 2.29. The zero-order valence-corrected chi connectivity index (χ0v) is 18.2. The van der Waals surface area contributed by atoms with Crippen LogP contribution in [0.2, 0.25) is 0 Å². The topological polar surface area (TPSA) is 84.9 Å². The fourth-order valence-corrected chi connectivity index (χ4v) is 3.61. The van der Waals surface area contributed by atoms with Crippen molar-refractivity contribution in [3.05, 3.63) is 18.2 Å². The van der Waals surface area contributed by atoms with Gasteiger partial charge in [-0.05, 0) is 25.0 Å². The summed E-state index contributed by atoms with van der Waals surface area (Å²) < 4.78 is 10.5. The Balaban J connectivity index is 1.49. The van der Waals surface area contributed by atoms with Gasteiger partial charge in [-0.2, -0.15) is 0 Å². The molecular formula is C23H34N2O5. The van der Waals surface area contributed by atoms with Crippen molar-refractivity contribution >= 4 is 23.4 Å². The van der Waals surface area contributed by atoms with Crippen molar-refractivity contribution < 1.29 is 23.9 Å². The van der Waals surface area contributed by atoms with E-state index >= 15 is 0 Å². The van der Waals surface area contributed by atoms with Crippen molar-refractivity contribution in [3.63, 3.8) is 0 Å². The molecule has 3 amide bonds. The van der Waals surface area contributed by atoms with Gasteiger partial charge < -0.3 is 14.8 Å². The largest absolute Gasteiger partial charge is 0.497 e. The van der Waals surface area contributed by atoms with Gasteiger partial charge in [0.2, 0.25) is 17.7 Å². The molecule has 1 aliphatic rings. The Hall–Kier alpha value is -2.57. The standard InChI is InChI=1S/C23H34N2O5/c1-29-18-12-13-20(30-2)19(17-18)24-21(26)11-9-7-5-3-4-6-8-10-16-25-22(27)14-15-23(25)28/h12-13,17H,3-11,14-16H2,1-2H3,(H,24,26). The van der Waals surface area contributed by atoms with Crippen molar-refractivity contribution in [2.75, 3.05) is 26.1 Å². The van der Waals surface area contributed by atoms with Gasteiger partial charge in [-0.1, -0.05) is 38.5 Å². The molecule has 0 atom stereocenters. The molecule has 0 bridgehead atoms. The molecular weight excluding hydrogens is 384 g/mol. The average Bonchev–Trinajstić information content (AvgIpc) is 3.06. The van der Waals surface area contributed by atoms with Crippen LogP contribution in [0, 0.1) is 0 Å². The van der Waals surface area contributed by atoms with Crippen molar-refractivity contribution in [2.45, 2.75) is 70.6 Å². The van der Waals surface area contributed by atoms with Gasteiger partial charge >= 0.3 is 0 Å². The monoisotopic (exact) mass is 418 g/mol. The molecule has 0 saturated carbocycles. The predicted octanol–water partition coefficient (Wildman–Crippen LogP) is 4.30. The first-order valence-electron chi connectivity index (χ1n) is 10.9. The Morgan fingerprint density at radius 3 is 2.10 bits per heavy atom. The molecule has 0 unspecified atom stereocenters. The van der Waals surface area contributed by atoms with E-state index in [1.165, 1.54) is 4.90 Å². The molecule has 1 aliphatic heterocycles. The van der Waals surface area contributed by atoms with Crippen molar-refractivity contribution in [3.8, 4) is 11.5 Å². The lowest BCUT2D eigenvalue weighted by Gasteiger charge is -2.13. The highest BCUT2D eigenvalue weighted by atomic mass is 16.5. The fraction of sp³-hybridized carbons (Fsp3) is 0.609. The maximum Gasteiger partial charge on any atom is 0.229 e. The van der Waals surface area contributed by atoms with Crippen LogP contribution in [0.4, 0.5) is 5.69 Å². The third kappa shape index (κ3) is 7.69. The summed E-state index contributed by atoms with van der Waals surface area (Å²) in [5, 5.41) is 2.89. The number of hydrogen-bond donors (Lipinski definition) is 1. The van der Waals surface area contributed by atoms with Gasteiger partial charge in [-0.25, -0.2) is 0 Å². The summed E-state index contributed by atoms with van der Waals surface area (Å²) in [6.07, 6.45) is 9.59. The molecule has 1 fully saturated rings. The number of methoxy groups -OCH3 is 2. The second-order valence-electron chi connectivity index (χ2n) is 7.63. The van der Waals surface area contributed by atoms with Crippen molar-refractivity contribution in [1.82, 2.24) is 4.90 Å². The highest BCUT2D eigenvalue weighted by Gasteiger charge is 2.27. The van der Waals surface area contributed by atoms with E-state index in [9.17, 15) is 14.4 Å².